The van der Waals surface area contributed by atoms with Crippen molar-refractivity contribution in [1.29, 1.82) is 5.41 Å². The molecule has 0 fully saturated rings. The molecule has 1 aliphatic heterocycles. The van der Waals surface area contributed by atoms with E-state index in [9.17, 15) is 0 Å². The smallest absolute Gasteiger partial charge is 0.264 e. The Hall–Kier alpha value is -3.00. The Bertz CT molecular complexity index is 1090. The van der Waals surface area contributed by atoms with Crippen molar-refractivity contribution >= 4 is 51.3 Å². The molecule has 3 aromatic rings. The molecule has 0 radical (unpaired) electrons. The van der Waals surface area contributed by atoms with E-state index in [-0.39, 0.29) is 0 Å². The summed E-state index contributed by atoms with van der Waals surface area (Å²) in [4.78, 5) is 11.4. The van der Waals surface area contributed by atoms with Crippen molar-refractivity contribution in [2.45, 2.75) is 13.3 Å². The number of benzene rings is 1. The second-order valence-electron chi connectivity index (χ2n) is 6.87. The van der Waals surface area contributed by atoms with Gasteiger partial charge in [0.05, 0.1) is 24.2 Å². The van der Waals surface area contributed by atoms with Crippen LogP contribution in [-0.2, 0) is 14.1 Å². The van der Waals surface area contributed by atoms with E-state index in [1.165, 1.54) is 10.2 Å². The van der Waals surface area contributed by atoms with Gasteiger partial charge in [-0.1, -0.05) is 23.5 Å². The van der Waals surface area contributed by atoms with Crippen LogP contribution in [-0.4, -0.2) is 34.8 Å². The summed E-state index contributed by atoms with van der Waals surface area (Å²) in [5.41, 5.74) is 3.16. The van der Waals surface area contributed by atoms with Gasteiger partial charge in [0, 0.05) is 32.3 Å². The van der Waals surface area contributed by atoms with E-state index in [0.29, 0.717) is 5.84 Å². The summed E-state index contributed by atoms with van der Waals surface area (Å²) in [7, 11) is 4.09. The van der Waals surface area contributed by atoms with Crippen LogP contribution in [0.5, 0.6) is 0 Å². The van der Waals surface area contributed by atoms with Crippen molar-refractivity contribution < 1.29 is 4.57 Å². The van der Waals surface area contributed by atoms with Gasteiger partial charge in [0.25, 0.3) is 5.01 Å². The number of aryl methyl sites for hydroxylation is 2. The maximum atomic E-state index is 7.45. The Morgan fingerprint density at radius 2 is 2.18 bits per heavy atom. The predicted octanol–water partition coefficient (Wildman–Crippen LogP) is 2.78. The second kappa shape index (κ2) is 7.55. The van der Waals surface area contributed by atoms with E-state index in [4.69, 9.17) is 10.4 Å². The highest BCUT2D eigenvalue weighted by atomic mass is 32.1. The van der Waals surface area contributed by atoms with Crippen molar-refractivity contribution in [3.05, 3.63) is 41.3 Å². The lowest BCUT2D eigenvalue weighted by Gasteiger charge is -2.23. The molecular weight excluding hydrogens is 370 g/mol. The number of aliphatic imine (C=N–C) groups is 1. The summed E-state index contributed by atoms with van der Waals surface area (Å²) < 4.78 is 5.49. The maximum Gasteiger partial charge on any atom is 0.264 e. The van der Waals surface area contributed by atoms with E-state index >= 15 is 0 Å². The van der Waals surface area contributed by atoms with E-state index in [1.807, 2.05) is 24.3 Å². The molecule has 4 rings (SSSR count). The molecule has 1 aliphatic rings. The van der Waals surface area contributed by atoms with Crippen LogP contribution in [0.25, 0.3) is 22.0 Å². The lowest BCUT2D eigenvalue weighted by atomic mass is 10.2. The van der Waals surface area contributed by atoms with E-state index in [1.54, 1.807) is 18.3 Å². The van der Waals surface area contributed by atoms with Gasteiger partial charge in [-0.15, -0.1) is 0 Å². The Labute approximate surface area is 168 Å². The number of para-hydroxylation sites is 1. The van der Waals surface area contributed by atoms with Gasteiger partial charge in [0.2, 0.25) is 5.52 Å². The van der Waals surface area contributed by atoms with Gasteiger partial charge in [0.1, 0.15) is 17.4 Å². The lowest BCUT2D eigenvalue weighted by Crippen LogP contribution is -2.30. The number of imidazole rings is 1. The third-order valence-corrected chi connectivity index (χ3v) is 5.93. The highest BCUT2D eigenvalue weighted by Gasteiger charge is 2.24. The molecule has 1 aromatic carbocycles. The number of anilines is 1. The minimum Gasteiger partial charge on any atom is -0.374 e. The van der Waals surface area contributed by atoms with E-state index in [0.717, 1.165) is 41.7 Å². The van der Waals surface area contributed by atoms with Crippen molar-refractivity contribution in [1.82, 2.24) is 14.9 Å². The largest absolute Gasteiger partial charge is 0.374 e. The van der Waals surface area contributed by atoms with Gasteiger partial charge in [-0.25, -0.2) is 9.98 Å². The number of aromatic nitrogens is 3. The molecule has 0 spiro atoms. The van der Waals surface area contributed by atoms with E-state index < -0.39 is 0 Å². The normalized spacial score (nSPS) is 14.7. The zero-order valence-electron chi connectivity index (χ0n) is 16.3. The first kappa shape index (κ1) is 18.4. The Balaban J connectivity index is 1.63. The summed E-state index contributed by atoms with van der Waals surface area (Å²) in [6, 6.07) is 8.42. The minimum absolute atomic E-state index is 0.493. The average Bonchev–Trinajstić information content (AvgIpc) is 3.22. The topological polar surface area (TPSA) is 73.2 Å². The first-order valence-electron chi connectivity index (χ1n) is 9.25. The molecule has 0 saturated carbocycles. The zero-order chi connectivity index (χ0) is 19.7. The minimum atomic E-state index is 0.493. The molecular formula is C20H24N7S+. The SMILES string of the molecule is CC(=N)NCCCN1C=NC(=Cc2sc3ccccc3[n+]2C)c2c1ncn2C. The van der Waals surface area contributed by atoms with Crippen molar-refractivity contribution in [3.63, 3.8) is 0 Å². The fourth-order valence-electron chi connectivity index (χ4n) is 3.33. The number of thiazole rings is 1. The number of fused-ring (bicyclic) bond motifs is 2. The average molecular weight is 395 g/mol. The molecule has 3 heterocycles. The number of hydrogen-bond acceptors (Lipinski definition) is 5. The standard InChI is InChI=1S/C20H24N7S/c1-14(21)22-9-6-10-27-13-23-15(19-20(27)24-12-25(19)2)11-18-26(3)16-7-4-5-8-17(16)28-18/h4-5,7-8,11-13H,6,9-10H2,1-3H3,(H2,21,22)/q+1. The summed E-state index contributed by atoms with van der Waals surface area (Å²) in [5.74, 6) is 1.42. The summed E-state index contributed by atoms with van der Waals surface area (Å²) in [6.45, 7) is 3.32. The molecule has 0 saturated heterocycles. The quantitative estimate of drug-likeness (QED) is 0.302. The highest BCUT2D eigenvalue weighted by Crippen LogP contribution is 2.32. The second-order valence-corrected chi connectivity index (χ2v) is 7.93. The Morgan fingerprint density at radius 1 is 1.36 bits per heavy atom. The van der Waals surface area contributed by atoms with Crippen molar-refractivity contribution in [2.24, 2.45) is 19.1 Å². The lowest BCUT2D eigenvalue weighted by molar-refractivity contribution is -0.642. The van der Waals surface area contributed by atoms with Crippen LogP contribution in [0.2, 0.25) is 0 Å². The number of rotatable bonds is 5. The van der Waals surface area contributed by atoms with Crippen molar-refractivity contribution in [3.8, 4) is 0 Å². The maximum absolute atomic E-state index is 7.45. The van der Waals surface area contributed by atoms with Crippen LogP contribution in [0.1, 0.15) is 24.0 Å². The fourth-order valence-corrected chi connectivity index (χ4v) is 4.42. The Kier molecular flexibility index (Phi) is 4.95. The Morgan fingerprint density at radius 3 is 2.96 bits per heavy atom. The highest BCUT2D eigenvalue weighted by molar-refractivity contribution is 7.18. The van der Waals surface area contributed by atoms with Crippen LogP contribution in [0.15, 0.2) is 35.6 Å². The molecule has 7 nitrogen and oxygen atoms in total. The van der Waals surface area contributed by atoms with Crippen LogP contribution in [0.3, 0.4) is 0 Å². The van der Waals surface area contributed by atoms with Crippen LogP contribution in [0, 0.1) is 5.41 Å². The first-order chi connectivity index (χ1) is 13.5. The molecule has 0 atom stereocenters. The third kappa shape index (κ3) is 3.43. The summed E-state index contributed by atoms with van der Waals surface area (Å²) in [6.07, 6.45) is 6.75. The number of nitrogens with zero attached hydrogens (tertiary/aromatic N) is 5. The van der Waals surface area contributed by atoms with Crippen LogP contribution >= 0.6 is 11.3 Å². The number of hydrogen-bond donors (Lipinski definition) is 2. The van der Waals surface area contributed by atoms with Gasteiger partial charge in [-0.05, 0) is 19.4 Å². The first-order valence-corrected chi connectivity index (χ1v) is 10.1. The van der Waals surface area contributed by atoms with Crippen molar-refractivity contribution in [2.75, 3.05) is 18.0 Å². The third-order valence-electron chi connectivity index (χ3n) is 4.77. The molecule has 0 bridgehead atoms. The number of amidine groups is 1. The van der Waals surface area contributed by atoms with Crippen LogP contribution in [0.4, 0.5) is 5.82 Å². The predicted molar refractivity (Wildman–Crippen MR) is 116 cm³/mol. The van der Waals surface area contributed by atoms with E-state index in [2.05, 4.69) is 57.2 Å². The molecule has 2 N–H and O–H groups in total. The zero-order valence-corrected chi connectivity index (χ0v) is 17.1. The number of nitrogens with one attached hydrogen (secondary N) is 2. The molecule has 0 amide bonds. The van der Waals surface area contributed by atoms with Gasteiger partial charge in [-0.2, -0.15) is 4.57 Å². The molecule has 8 heteroatoms. The molecule has 28 heavy (non-hydrogen) atoms. The molecule has 0 unspecified atom stereocenters. The fraction of sp³-hybridized carbons (Fsp3) is 0.300. The molecule has 2 aromatic heterocycles. The van der Waals surface area contributed by atoms with Crippen LogP contribution < -0.4 is 14.8 Å². The monoisotopic (exact) mass is 394 g/mol. The summed E-state index contributed by atoms with van der Waals surface area (Å²) in [5, 5.41) is 11.7. The molecule has 0 aliphatic carbocycles. The van der Waals surface area contributed by atoms with Gasteiger partial charge >= 0.3 is 0 Å². The van der Waals surface area contributed by atoms with Gasteiger partial charge in [-0.3, -0.25) is 5.41 Å². The summed E-state index contributed by atoms with van der Waals surface area (Å²) >= 11 is 1.76. The molecule has 144 valence electrons. The van der Waals surface area contributed by atoms with Gasteiger partial charge < -0.3 is 14.8 Å². The van der Waals surface area contributed by atoms with Gasteiger partial charge in [0.15, 0.2) is 5.82 Å².